The van der Waals surface area contributed by atoms with Gasteiger partial charge in [0.15, 0.2) is 11.4 Å². The van der Waals surface area contributed by atoms with Gasteiger partial charge in [-0.3, -0.25) is 23.6 Å². The Kier molecular flexibility index (Phi) is 4.65. The SMILES string of the molecule is Cn1ncc2c(=O)n(CC(=O)Nc3cccc(NC(=O)c4ccco4)c3)cnc21. The van der Waals surface area contributed by atoms with Crippen LogP contribution in [0.2, 0.25) is 0 Å². The van der Waals surface area contributed by atoms with Crippen LogP contribution in [0.15, 0.2) is 64.4 Å². The highest BCUT2D eigenvalue weighted by Crippen LogP contribution is 2.16. The average Bonchev–Trinajstić information content (AvgIpc) is 3.35. The molecule has 0 aliphatic carbocycles. The number of fused-ring (bicyclic) bond motifs is 1. The number of benzene rings is 1. The number of aryl methyl sites for hydroxylation is 1. The number of hydrogen-bond donors (Lipinski definition) is 2. The predicted octanol–water partition coefficient (Wildman–Crippen LogP) is 1.61. The van der Waals surface area contributed by atoms with Crippen molar-refractivity contribution in [3.8, 4) is 0 Å². The van der Waals surface area contributed by atoms with Gasteiger partial charge in [0, 0.05) is 18.4 Å². The predicted molar refractivity (Wildman–Crippen MR) is 105 cm³/mol. The fourth-order valence-corrected chi connectivity index (χ4v) is 2.81. The van der Waals surface area contributed by atoms with Gasteiger partial charge in [-0.05, 0) is 30.3 Å². The molecule has 0 fully saturated rings. The molecular weight excluding hydrogens is 376 g/mol. The molecule has 3 heterocycles. The molecule has 3 aromatic heterocycles. The maximum atomic E-state index is 12.5. The molecule has 0 aliphatic heterocycles. The van der Waals surface area contributed by atoms with E-state index in [1.54, 1.807) is 43.4 Å². The Hall–Kier alpha value is -4.21. The smallest absolute Gasteiger partial charge is 0.291 e. The van der Waals surface area contributed by atoms with Crippen molar-refractivity contribution in [2.24, 2.45) is 7.05 Å². The van der Waals surface area contributed by atoms with Crippen molar-refractivity contribution in [3.63, 3.8) is 0 Å². The van der Waals surface area contributed by atoms with Crippen molar-refractivity contribution < 1.29 is 14.0 Å². The third-order valence-electron chi connectivity index (χ3n) is 4.18. The summed E-state index contributed by atoms with van der Waals surface area (Å²) in [5.74, 6) is -0.635. The Balaban J connectivity index is 1.45. The topological polar surface area (TPSA) is 124 Å². The Morgan fingerprint density at radius 3 is 2.69 bits per heavy atom. The van der Waals surface area contributed by atoms with Crippen LogP contribution in [0.4, 0.5) is 11.4 Å². The molecule has 0 bridgehead atoms. The molecule has 0 atom stereocenters. The number of rotatable bonds is 5. The standard InChI is InChI=1S/C19H16N6O4/c1-24-17-14(9-21-24)19(28)25(11-20-17)10-16(26)22-12-4-2-5-13(8-12)23-18(27)15-6-3-7-29-15/h2-9,11H,10H2,1H3,(H,22,26)(H,23,27). The second-order valence-electron chi connectivity index (χ2n) is 6.24. The van der Waals surface area contributed by atoms with E-state index >= 15 is 0 Å². The quantitative estimate of drug-likeness (QED) is 0.532. The van der Waals surface area contributed by atoms with Crippen LogP contribution >= 0.6 is 0 Å². The first kappa shape index (κ1) is 18.2. The van der Waals surface area contributed by atoms with Gasteiger partial charge in [0.25, 0.3) is 11.5 Å². The number of nitrogens with one attached hydrogen (secondary N) is 2. The van der Waals surface area contributed by atoms with E-state index < -0.39 is 11.8 Å². The highest BCUT2D eigenvalue weighted by molar-refractivity contribution is 6.02. The van der Waals surface area contributed by atoms with E-state index in [-0.39, 0.29) is 17.9 Å². The summed E-state index contributed by atoms with van der Waals surface area (Å²) < 4.78 is 7.75. The van der Waals surface area contributed by atoms with E-state index in [4.69, 9.17) is 4.42 Å². The summed E-state index contributed by atoms with van der Waals surface area (Å²) in [5, 5.41) is 9.71. The van der Waals surface area contributed by atoms with Gasteiger partial charge >= 0.3 is 0 Å². The van der Waals surface area contributed by atoms with Crippen LogP contribution in [-0.2, 0) is 18.4 Å². The molecule has 0 spiro atoms. The summed E-state index contributed by atoms with van der Waals surface area (Å²) >= 11 is 0. The van der Waals surface area contributed by atoms with Gasteiger partial charge in [0.1, 0.15) is 18.3 Å². The molecule has 0 unspecified atom stereocenters. The normalized spacial score (nSPS) is 10.8. The zero-order chi connectivity index (χ0) is 20.4. The molecule has 0 saturated carbocycles. The third-order valence-corrected chi connectivity index (χ3v) is 4.18. The number of nitrogens with zero attached hydrogens (tertiary/aromatic N) is 4. The van der Waals surface area contributed by atoms with Gasteiger partial charge in [0.2, 0.25) is 5.91 Å². The summed E-state index contributed by atoms with van der Waals surface area (Å²) in [6.07, 6.45) is 4.14. The Labute approximate surface area is 163 Å². The van der Waals surface area contributed by atoms with Crippen molar-refractivity contribution in [2.45, 2.75) is 6.54 Å². The first-order valence-electron chi connectivity index (χ1n) is 8.63. The number of hydrogen-bond acceptors (Lipinski definition) is 6. The van der Waals surface area contributed by atoms with E-state index in [1.165, 1.54) is 28.0 Å². The van der Waals surface area contributed by atoms with E-state index in [2.05, 4.69) is 20.7 Å². The zero-order valence-corrected chi connectivity index (χ0v) is 15.3. The highest BCUT2D eigenvalue weighted by Gasteiger charge is 2.12. The van der Waals surface area contributed by atoms with Crippen molar-refractivity contribution >= 4 is 34.2 Å². The molecule has 4 rings (SSSR count). The summed E-state index contributed by atoms with van der Waals surface area (Å²) in [5.41, 5.74) is 1.06. The maximum absolute atomic E-state index is 12.5. The van der Waals surface area contributed by atoms with Crippen LogP contribution < -0.4 is 16.2 Å². The van der Waals surface area contributed by atoms with Crippen LogP contribution in [0.25, 0.3) is 11.0 Å². The Bertz CT molecular complexity index is 1260. The van der Waals surface area contributed by atoms with Crippen LogP contribution in [0.3, 0.4) is 0 Å². The summed E-state index contributed by atoms with van der Waals surface area (Å²) in [4.78, 5) is 41.0. The second-order valence-corrected chi connectivity index (χ2v) is 6.24. The first-order chi connectivity index (χ1) is 14.0. The summed E-state index contributed by atoms with van der Waals surface area (Å²) in [7, 11) is 1.68. The minimum atomic E-state index is -0.411. The van der Waals surface area contributed by atoms with Gasteiger partial charge in [-0.2, -0.15) is 5.10 Å². The van der Waals surface area contributed by atoms with Crippen LogP contribution in [0.5, 0.6) is 0 Å². The molecule has 2 amide bonds. The van der Waals surface area contributed by atoms with Gasteiger partial charge < -0.3 is 15.1 Å². The van der Waals surface area contributed by atoms with Crippen molar-refractivity contribution in [1.82, 2.24) is 19.3 Å². The largest absolute Gasteiger partial charge is 0.459 e. The molecular formula is C19H16N6O4. The molecule has 0 aliphatic rings. The molecule has 2 N–H and O–H groups in total. The lowest BCUT2D eigenvalue weighted by Gasteiger charge is -2.09. The lowest BCUT2D eigenvalue weighted by molar-refractivity contribution is -0.116. The lowest BCUT2D eigenvalue weighted by atomic mass is 10.2. The number of aromatic nitrogens is 4. The molecule has 29 heavy (non-hydrogen) atoms. The minimum Gasteiger partial charge on any atom is -0.459 e. The number of anilines is 2. The van der Waals surface area contributed by atoms with Gasteiger partial charge in [-0.25, -0.2) is 4.98 Å². The van der Waals surface area contributed by atoms with E-state index in [9.17, 15) is 14.4 Å². The Morgan fingerprint density at radius 2 is 1.93 bits per heavy atom. The minimum absolute atomic E-state index is 0.178. The van der Waals surface area contributed by atoms with Gasteiger partial charge in [-0.1, -0.05) is 6.07 Å². The first-order valence-corrected chi connectivity index (χ1v) is 8.63. The Morgan fingerprint density at radius 1 is 1.14 bits per heavy atom. The molecule has 0 radical (unpaired) electrons. The summed E-state index contributed by atoms with van der Waals surface area (Å²) in [6, 6.07) is 9.80. The molecule has 4 aromatic rings. The number of carbonyl (C=O) groups is 2. The van der Waals surface area contributed by atoms with Crippen molar-refractivity contribution in [2.75, 3.05) is 10.6 Å². The number of furan rings is 1. The lowest BCUT2D eigenvalue weighted by Crippen LogP contribution is -2.27. The van der Waals surface area contributed by atoms with E-state index in [1.807, 2.05) is 0 Å². The molecule has 10 nitrogen and oxygen atoms in total. The van der Waals surface area contributed by atoms with Crippen LogP contribution in [0, 0.1) is 0 Å². The van der Waals surface area contributed by atoms with Crippen molar-refractivity contribution in [3.05, 3.63) is 71.3 Å². The fourth-order valence-electron chi connectivity index (χ4n) is 2.81. The van der Waals surface area contributed by atoms with Crippen LogP contribution in [-0.4, -0.2) is 31.1 Å². The van der Waals surface area contributed by atoms with Crippen molar-refractivity contribution in [1.29, 1.82) is 0 Å². The maximum Gasteiger partial charge on any atom is 0.291 e. The van der Waals surface area contributed by atoms with Gasteiger partial charge in [0.05, 0.1) is 12.5 Å². The summed E-state index contributed by atoms with van der Waals surface area (Å²) in [6.45, 7) is -0.209. The monoisotopic (exact) mass is 392 g/mol. The van der Waals surface area contributed by atoms with E-state index in [0.717, 1.165) is 0 Å². The second kappa shape index (κ2) is 7.43. The molecule has 1 aromatic carbocycles. The van der Waals surface area contributed by atoms with Gasteiger partial charge in [-0.15, -0.1) is 0 Å². The third kappa shape index (κ3) is 3.76. The van der Waals surface area contributed by atoms with Crippen LogP contribution in [0.1, 0.15) is 10.6 Å². The molecule has 146 valence electrons. The highest BCUT2D eigenvalue weighted by atomic mass is 16.3. The number of carbonyl (C=O) groups excluding carboxylic acids is 2. The van der Waals surface area contributed by atoms with E-state index in [0.29, 0.717) is 22.4 Å². The average molecular weight is 392 g/mol. The number of amides is 2. The molecule has 10 heteroatoms. The zero-order valence-electron chi connectivity index (χ0n) is 15.3. The fraction of sp³-hybridized carbons (Fsp3) is 0.105. The molecule has 0 saturated heterocycles.